The number of ether oxygens (including phenoxy) is 1. The molecule has 2 aliphatic rings. The highest BCUT2D eigenvalue weighted by atomic mass is 16.5. The molecule has 2 unspecified atom stereocenters. The van der Waals surface area contributed by atoms with Crippen LogP contribution >= 0.6 is 0 Å². The van der Waals surface area contributed by atoms with Crippen LogP contribution in [0.1, 0.15) is 41.6 Å². The molecule has 1 aromatic rings. The van der Waals surface area contributed by atoms with Gasteiger partial charge in [-0.3, -0.25) is 9.59 Å². The maximum Gasteiger partial charge on any atom is 0.307 e. The summed E-state index contributed by atoms with van der Waals surface area (Å²) in [7, 11) is 0. The van der Waals surface area contributed by atoms with Crippen molar-refractivity contribution in [3.8, 4) is 5.75 Å². The summed E-state index contributed by atoms with van der Waals surface area (Å²) in [5.74, 6) is -0.899. The van der Waals surface area contributed by atoms with E-state index in [4.69, 9.17) is 4.74 Å². The molecule has 1 aliphatic heterocycles. The average Bonchev–Trinajstić information content (AvgIpc) is 2.95. The molecule has 1 aromatic carbocycles. The molecule has 3 rings (SSSR count). The number of aliphatic carboxylic acids is 1. The maximum absolute atomic E-state index is 12.5. The minimum atomic E-state index is -0.845. The first-order valence-corrected chi connectivity index (χ1v) is 7.19. The Balaban J connectivity index is 1.85. The van der Waals surface area contributed by atoms with Gasteiger partial charge >= 0.3 is 5.97 Å². The number of Topliss-reactive ketones (excluding diaryl/α,β-unsaturated/α-hetero) is 1. The van der Waals surface area contributed by atoms with Crippen LogP contribution in [0.2, 0.25) is 0 Å². The second-order valence-electron chi connectivity index (χ2n) is 5.62. The van der Waals surface area contributed by atoms with E-state index in [1.165, 1.54) is 0 Å². The summed E-state index contributed by atoms with van der Waals surface area (Å²) in [5, 5.41) is 9.20. The summed E-state index contributed by atoms with van der Waals surface area (Å²) >= 11 is 0. The van der Waals surface area contributed by atoms with Crippen LogP contribution in [-0.2, 0) is 11.2 Å². The topological polar surface area (TPSA) is 63.6 Å². The van der Waals surface area contributed by atoms with E-state index < -0.39 is 11.9 Å². The average molecular weight is 274 g/mol. The molecule has 4 nitrogen and oxygen atoms in total. The SMILES string of the molecule is O=C(O)C1CCCC1C(=O)c1ccc2c(c1)CCCO2. The van der Waals surface area contributed by atoms with Crippen LogP contribution in [0.15, 0.2) is 18.2 Å². The lowest BCUT2D eigenvalue weighted by atomic mass is 9.87. The van der Waals surface area contributed by atoms with Crippen molar-refractivity contribution in [1.82, 2.24) is 0 Å². The van der Waals surface area contributed by atoms with E-state index in [2.05, 4.69) is 0 Å². The highest BCUT2D eigenvalue weighted by Crippen LogP contribution is 2.35. The number of hydrogen-bond acceptors (Lipinski definition) is 3. The third-order valence-corrected chi connectivity index (χ3v) is 4.36. The number of carbonyl (C=O) groups is 2. The predicted molar refractivity (Wildman–Crippen MR) is 73.1 cm³/mol. The molecule has 0 bridgehead atoms. The van der Waals surface area contributed by atoms with E-state index in [0.29, 0.717) is 18.4 Å². The summed E-state index contributed by atoms with van der Waals surface area (Å²) in [4.78, 5) is 23.8. The summed E-state index contributed by atoms with van der Waals surface area (Å²) in [6.07, 6.45) is 4.00. The Kier molecular flexibility index (Phi) is 3.47. The van der Waals surface area contributed by atoms with E-state index in [0.717, 1.165) is 37.2 Å². The van der Waals surface area contributed by atoms with Gasteiger partial charge in [0.1, 0.15) is 5.75 Å². The Morgan fingerprint density at radius 2 is 1.95 bits per heavy atom. The van der Waals surface area contributed by atoms with Gasteiger partial charge in [-0.15, -0.1) is 0 Å². The van der Waals surface area contributed by atoms with Crippen molar-refractivity contribution >= 4 is 11.8 Å². The van der Waals surface area contributed by atoms with Gasteiger partial charge in [-0.05, 0) is 49.4 Å². The molecule has 1 N–H and O–H groups in total. The molecule has 1 fully saturated rings. The number of hydrogen-bond donors (Lipinski definition) is 1. The number of rotatable bonds is 3. The molecular formula is C16H18O4. The van der Waals surface area contributed by atoms with Crippen molar-refractivity contribution in [2.45, 2.75) is 32.1 Å². The third-order valence-electron chi connectivity index (χ3n) is 4.36. The van der Waals surface area contributed by atoms with Crippen LogP contribution < -0.4 is 4.74 Å². The van der Waals surface area contributed by atoms with Crippen LogP contribution in [0.25, 0.3) is 0 Å². The van der Waals surface area contributed by atoms with E-state index in [1.54, 1.807) is 6.07 Å². The first-order chi connectivity index (χ1) is 9.66. The molecule has 0 aromatic heterocycles. The second-order valence-corrected chi connectivity index (χ2v) is 5.62. The van der Waals surface area contributed by atoms with E-state index in [9.17, 15) is 14.7 Å². The van der Waals surface area contributed by atoms with Crippen molar-refractivity contribution < 1.29 is 19.4 Å². The van der Waals surface area contributed by atoms with Gasteiger partial charge in [0.2, 0.25) is 0 Å². The highest BCUT2D eigenvalue weighted by Gasteiger charge is 2.38. The second kappa shape index (κ2) is 5.27. The van der Waals surface area contributed by atoms with Gasteiger partial charge in [-0.1, -0.05) is 6.42 Å². The Morgan fingerprint density at radius 1 is 1.15 bits per heavy atom. The molecule has 0 saturated heterocycles. The summed E-state index contributed by atoms with van der Waals surface area (Å²) in [6, 6.07) is 5.49. The van der Waals surface area contributed by atoms with Gasteiger partial charge in [0.15, 0.2) is 5.78 Å². The minimum absolute atomic E-state index is 0.0247. The Bertz CT molecular complexity index is 549. The number of carboxylic acid groups (broad SMARTS) is 1. The first-order valence-electron chi connectivity index (χ1n) is 7.19. The summed E-state index contributed by atoms with van der Waals surface area (Å²) in [5.41, 5.74) is 1.69. The zero-order valence-electron chi connectivity index (χ0n) is 11.3. The molecule has 4 heteroatoms. The lowest BCUT2D eigenvalue weighted by Crippen LogP contribution is -2.25. The molecular weight excluding hydrogens is 256 g/mol. The lowest BCUT2D eigenvalue weighted by Gasteiger charge is -2.19. The lowest BCUT2D eigenvalue weighted by molar-refractivity contribution is -0.142. The molecule has 1 aliphatic carbocycles. The first kappa shape index (κ1) is 13.2. The maximum atomic E-state index is 12.5. The Labute approximate surface area is 117 Å². The van der Waals surface area contributed by atoms with Crippen molar-refractivity contribution in [2.75, 3.05) is 6.61 Å². The highest BCUT2D eigenvalue weighted by molar-refractivity contribution is 6.00. The molecule has 1 heterocycles. The van der Waals surface area contributed by atoms with Gasteiger partial charge in [-0.2, -0.15) is 0 Å². The standard InChI is InChI=1S/C16H18O4/c17-15(12-4-1-5-13(12)16(18)19)11-6-7-14-10(9-11)3-2-8-20-14/h6-7,9,12-13H,1-5,8H2,(H,18,19). The van der Waals surface area contributed by atoms with Crippen LogP contribution in [0.5, 0.6) is 5.75 Å². The van der Waals surface area contributed by atoms with Crippen molar-refractivity contribution in [3.63, 3.8) is 0 Å². The molecule has 1 saturated carbocycles. The fraction of sp³-hybridized carbons (Fsp3) is 0.500. The zero-order valence-corrected chi connectivity index (χ0v) is 11.3. The van der Waals surface area contributed by atoms with E-state index in [1.807, 2.05) is 12.1 Å². The number of carbonyl (C=O) groups excluding carboxylic acids is 1. The number of carboxylic acids is 1. The van der Waals surface area contributed by atoms with Crippen LogP contribution in [-0.4, -0.2) is 23.5 Å². The van der Waals surface area contributed by atoms with Gasteiger partial charge in [0, 0.05) is 11.5 Å². The van der Waals surface area contributed by atoms with Crippen molar-refractivity contribution in [1.29, 1.82) is 0 Å². The fourth-order valence-corrected chi connectivity index (χ4v) is 3.30. The van der Waals surface area contributed by atoms with E-state index in [-0.39, 0.29) is 11.7 Å². The molecule has 0 radical (unpaired) electrons. The van der Waals surface area contributed by atoms with Gasteiger partial charge in [-0.25, -0.2) is 0 Å². The predicted octanol–water partition coefficient (Wildman–Crippen LogP) is 2.70. The summed E-state index contributed by atoms with van der Waals surface area (Å²) in [6.45, 7) is 0.726. The third kappa shape index (κ3) is 2.30. The monoisotopic (exact) mass is 274 g/mol. The number of fused-ring (bicyclic) bond motifs is 1. The Hall–Kier alpha value is -1.84. The quantitative estimate of drug-likeness (QED) is 0.861. The van der Waals surface area contributed by atoms with Gasteiger partial charge in [0.25, 0.3) is 0 Å². The normalized spacial score (nSPS) is 24.8. The molecule has 0 amide bonds. The van der Waals surface area contributed by atoms with Gasteiger partial charge < -0.3 is 9.84 Å². The van der Waals surface area contributed by atoms with E-state index >= 15 is 0 Å². The van der Waals surface area contributed by atoms with Crippen LogP contribution in [0.4, 0.5) is 0 Å². The zero-order chi connectivity index (χ0) is 14.1. The largest absolute Gasteiger partial charge is 0.493 e. The molecule has 106 valence electrons. The van der Waals surface area contributed by atoms with Crippen LogP contribution in [0.3, 0.4) is 0 Å². The van der Waals surface area contributed by atoms with Gasteiger partial charge in [0.05, 0.1) is 12.5 Å². The smallest absolute Gasteiger partial charge is 0.307 e. The number of benzene rings is 1. The number of ketones is 1. The Morgan fingerprint density at radius 3 is 2.75 bits per heavy atom. The van der Waals surface area contributed by atoms with Crippen molar-refractivity contribution in [3.05, 3.63) is 29.3 Å². The minimum Gasteiger partial charge on any atom is -0.493 e. The molecule has 2 atom stereocenters. The molecule has 0 spiro atoms. The fourth-order valence-electron chi connectivity index (χ4n) is 3.30. The molecule has 20 heavy (non-hydrogen) atoms. The summed E-state index contributed by atoms with van der Waals surface area (Å²) < 4.78 is 5.54. The van der Waals surface area contributed by atoms with Crippen LogP contribution in [0, 0.1) is 11.8 Å². The van der Waals surface area contributed by atoms with Crippen molar-refractivity contribution in [2.24, 2.45) is 11.8 Å². The number of aryl methyl sites for hydroxylation is 1.